The van der Waals surface area contributed by atoms with Crippen molar-refractivity contribution >= 4 is 15.9 Å². The number of nitrogens with zero attached hydrogens (tertiary/aromatic N) is 2. The maximum atomic E-state index is 5.61. The molecule has 0 aliphatic carbocycles. The van der Waals surface area contributed by atoms with Gasteiger partial charge in [0.05, 0.1) is 11.1 Å². The molecule has 0 fully saturated rings. The summed E-state index contributed by atoms with van der Waals surface area (Å²) in [6.07, 6.45) is 6.02. The highest BCUT2D eigenvalue weighted by atomic mass is 79.9. The van der Waals surface area contributed by atoms with E-state index in [0.29, 0.717) is 6.61 Å². The van der Waals surface area contributed by atoms with Gasteiger partial charge in [-0.1, -0.05) is 6.07 Å². The molecule has 2 aromatic rings. The number of hydrogen-bond acceptors (Lipinski definition) is 3. The zero-order valence-corrected chi connectivity index (χ0v) is 10.2. The molecule has 2 rings (SSSR count). The van der Waals surface area contributed by atoms with E-state index in [4.69, 9.17) is 4.74 Å². The van der Waals surface area contributed by atoms with Crippen molar-refractivity contribution in [1.29, 1.82) is 0 Å². The maximum absolute atomic E-state index is 5.61. The summed E-state index contributed by atoms with van der Waals surface area (Å²) >= 11 is 3.38. The Morgan fingerprint density at radius 1 is 1.19 bits per heavy atom. The maximum Gasteiger partial charge on any atom is 0.136 e. The summed E-state index contributed by atoms with van der Waals surface area (Å²) < 4.78 is 6.49. The van der Waals surface area contributed by atoms with Crippen LogP contribution in [0.4, 0.5) is 0 Å². The monoisotopic (exact) mass is 278 g/mol. The van der Waals surface area contributed by atoms with E-state index in [1.54, 1.807) is 18.6 Å². The topological polar surface area (TPSA) is 35.0 Å². The number of hydrogen-bond donors (Lipinski definition) is 0. The van der Waals surface area contributed by atoms with Gasteiger partial charge < -0.3 is 4.74 Å². The molecule has 82 valence electrons. The Morgan fingerprint density at radius 3 is 2.88 bits per heavy atom. The smallest absolute Gasteiger partial charge is 0.136 e. The van der Waals surface area contributed by atoms with Gasteiger partial charge >= 0.3 is 0 Å². The van der Waals surface area contributed by atoms with E-state index >= 15 is 0 Å². The van der Waals surface area contributed by atoms with E-state index in [-0.39, 0.29) is 0 Å². The van der Waals surface area contributed by atoms with Gasteiger partial charge in [-0.3, -0.25) is 9.97 Å². The van der Waals surface area contributed by atoms with Gasteiger partial charge in [0.25, 0.3) is 0 Å². The summed E-state index contributed by atoms with van der Waals surface area (Å²) in [4.78, 5) is 8.20. The Morgan fingerprint density at radius 2 is 2.12 bits per heavy atom. The first-order valence-electron chi connectivity index (χ1n) is 4.98. The summed E-state index contributed by atoms with van der Waals surface area (Å²) in [6.45, 7) is 0.611. The molecule has 0 saturated heterocycles. The van der Waals surface area contributed by atoms with Crippen molar-refractivity contribution < 1.29 is 4.74 Å². The summed E-state index contributed by atoms with van der Waals surface area (Å²) in [5, 5.41) is 0. The Kier molecular flexibility index (Phi) is 3.88. The van der Waals surface area contributed by atoms with Crippen LogP contribution in [0, 0.1) is 0 Å². The molecule has 0 atom stereocenters. The summed E-state index contributed by atoms with van der Waals surface area (Å²) in [7, 11) is 0. The van der Waals surface area contributed by atoms with Gasteiger partial charge in [0.2, 0.25) is 0 Å². The average molecular weight is 279 g/mol. The molecule has 0 saturated carbocycles. The van der Waals surface area contributed by atoms with E-state index in [1.807, 2.05) is 24.3 Å². The van der Waals surface area contributed by atoms with Crippen LogP contribution in [0.15, 0.2) is 47.3 Å². The van der Waals surface area contributed by atoms with Gasteiger partial charge in [-0.2, -0.15) is 0 Å². The predicted molar refractivity (Wildman–Crippen MR) is 65.4 cm³/mol. The van der Waals surface area contributed by atoms with Crippen LogP contribution in [0.2, 0.25) is 0 Å². The first-order valence-corrected chi connectivity index (χ1v) is 5.78. The normalized spacial score (nSPS) is 10.1. The molecule has 0 spiro atoms. The van der Waals surface area contributed by atoms with E-state index in [0.717, 1.165) is 22.3 Å². The highest BCUT2D eigenvalue weighted by Gasteiger charge is 2.00. The molecule has 2 heterocycles. The van der Waals surface area contributed by atoms with Gasteiger partial charge in [0.1, 0.15) is 5.75 Å². The second-order valence-corrected chi connectivity index (χ2v) is 4.08. The highest BCUT2D eigenvalue weighted by molar-refractivity contribution is 9.10. The molecule has 0 aliphatic heterocycles. The summed E-state index contributed by atoms with van der Waals surface area (Å²) in [5.41, 5.74) is 1.03. The van der Waals surface area contributed by atoms with Gasteiger partial charge in [0, 0.05) is 30.7 Å². The molecule has 4 heteroatoms. The fourth-order valence-electron chi connectivity index (χ4n) is 1.29. The van der Waals surface area contributed by atoms with Gasteiger partial charge in [0.15, 0.2) is 0 Å². The van der Waals surface area contributed by atoms with Crippen LogP contribution in [0.1, 0.15) is 5.69 Å². The number of pyridine rings is 2. The standard InChI is InChI=1S/C12H11BrN2O/c13-11-9-14-7-4-12(11)16-8-5-10-3-1-2-6-15-10/h1-4,6-7,9H,5,8H2. The lowest BCUT2D eigenvalue weighted by Gasteiger charge is -2.06. The van der Waals surface area contributed by atoms with Crippen LogP contribution < -0.4 is 4.74 Å². The minimum atomic E-state index is 0.611. The van der Waals surface area contributed by atoms with Crippen LogP contribution in [0.3, 0.4) is 0 Å². The zero-order chi connectivity index (χ0) is 11.2. The van der Waals surface area contributed by atoms with Crippen LogP contribution >= 0.6 is 15.9 Å². The summed E-state index contributed by atoms with van der Waals surface area (Å²) in [6, 6.07) is 7.71. The zero-order valence-electron chi connectivity index (χ0n) is 8.64. The van der Waals surface area contributed by atoms with Crippen LogP contribution in [-0.4, -0.2) is 16.6 Å². The molecule has 2 aromatic heterocycles. The average Bonchev–Trinajstić information content (AvgIpc) is 2.33. The molecule has 0 N–H and O–H groups in total. The fourth-order valence-corrected chi connectivity index (χ4v) is 1.66. The van der Waals surface area contributed by atoms with Crippen molar-refractivity contribution in [2.45, 2.75) is 6.42 Å². The van der Waals surface area contributed by atoms with Crippen molar-refractivity contribution in [2.24, 2.45) is 0 Å². The van der Waals surface area contributed by atoms with E-state index < -0.39 is 0 Å². The third-order valence-electron chi connectivity index (χ3n) is 2.08. The molecule has 0 unspecified atom stereocenters. The quantitative estimate of drug-likeness (QED) is 0.863. The Balaban J connectivity index is 1.87. The third-order valence-corrected chi connectivity index (χ3v) is 2.67. The largest absolute Gasteiger partial charge is 0.492 e. The first-order chi connectivity index (χ1) is 7.86. The fraction of sp³-hybridized carbons (Fsp3) is 0.167. The van der Waals surface area contributed by atoms with Crippen molar-refractivity contribution in [3.05, 3.63) is 53.0 Å². The van der Waals surface area contributed by atoms with Crippen molar-refractivity contribution in [2.75, 3.05) is 6.61 Å². The Hall–Kier alpha value is -1.42. The Bertz CT molecular complexity index is 448. The molecular formula is C12H11BrN2O. The number of halogens is 1. The second kappa shape index (κ2) is 5.61. The molecular weight excluding hydrogens is 268 g/mol. The first kappa shape index (κ1) is 11.1. The minimum Gasteiger partial charge on any atom is -0.492 e. The van der Waals surface area contributed by atoms with E-state index in [1.165, 1.54) is 0 Å². The third kappa shape index (κ3) is 3.03. The minimum absolute atomic E-state index is 0.611. The number of aromatic nitrogens is 2. The lowest BCUT2D eigenvalue weighted by Crippen LogP contribution is -2.03. The predicted octanol–water partition coefficient (Wildman–Crippen LogP) is 2.86. The highest BCUT2D eigenvalue weighted by Crippen LogP contribution is 2.22. The number of ether oxygens (including phenoxy) is 1. The molecule has 0 aliphatic rings. The molecule has 0 radical (unpaired) electrons. The van der Waals surface area contributed by atoms with Gasteiger partial charge in [-0.05, 0) is 34.1 Å². The van der Waals surface area contributed by atoms with Crippen LogP contribution in [-0.2, 0) is 6.42 Å². The van der Waals surface area contributed by atoms with Gasteiger partial charge in [-0.15, -0.1) is 0 Å². The Labute approximate surface area is 103 Å². The van der Waals surface area contributed by atoms with E-state index in [2.05, 4.69) is 25.9 Å². The van der Waals surface area contributed by atoms with Crippen molar-refractivity contribution in [3.8, 4) is 5.75 Å². The molecule has 0 bridgehead atoms. The van der Waals surface area contributed by atoms with Crippen molar-refractivity contribution in [3.63, 3.8) is 0 Å². The van der Waals surface area contributed by atoms with Crippen LogP contribution in [0.5, 0.6) is 5.75 Å². The molecule has 16 heavy (non-hydrogen) atoms. The molecule has 0 aromatic carbocycles. The number of rotatable bonds is 4. The molecule has 3 nitrogen and oxygen atoms in total. The second-order valence-electron chi connectivity index (χ2n) is 3.23. The van der Waals surface area contributed by atoms with Crippen molar-refractivity contribution in [1.82, 2.24) is 9.97 Å². The van der Waals surface area contributed by atoms with Crippen LogP contribution in [0.25, 0.3) is 0 Å². The lowest BCUT2D eigenvalue weighted by molar-refractivity contribution is 0.318. The molecule has 0 amide bonds. The SMILES string of the molecule is Brc1cnccc1OCCc1ccccn1. The van der Waals surface area contributed by atoms with E-state index in [9.17, 15) is 0 Å². The van der Waals surface area contributed by atoms with Gasteiger partial charge in [-0.25, -0.2) is 0 Å². The summed E-state index contributed by atoms with van der Waals surface area (Å²) in [5.74, 6) is 0.811. The lowest BCUT2D eigenvalue weighted by atomic mass is 10.3.